The lowest BCUT2D eigenvalue weighted by molar-refractivity contribution is 0.102. The summed E-state index contributed by atoms with van der Waals surface area (Å²) in [5.41, 5.74) is 7.04. The summed E-state index contributed by atoms with van der Waals surface area (Å²) in [6.45, 7) is 0. The van der Waals surface area contributed by atoms with Crippen molar-refractivity contribution in [1.29, 1.82) is 0 Å². The molecule has 19 heavy (non-hydrogen) atoms. The number of carbonyl (C=O) groups excluding carboxylic acids is 1. The number of anilines is 2. The van der Waals surface area contributed by atoms with Crippen LogP contribution in [0.25, 0.3) is 0 Å². The third kappa shape index (κ3) is 3.38. The third-order valence-corrected chi connectivity index (χ3v) is 3.82. The van der Waals surface area contributed by atoms with Crippen molar-refractivity contribution in [3.8, 4) is 5.75 Å². The van der Waals surface area contributed by atoms with E-state index in [4.69, 9.17) is 5.73 Å². The summed E-state index contributed by atoms with van der Waals surface area (Å²) in [5, 5.41) is 12.0. The Morgan fingerprint density at radius 3 is 2.68 bits per heavy atom. The highest BCUT2D eigenvalue weighted by atomic mass is 127. The van der Waals surface area contributed by atoms with E-state index in [0.717, 1.165) is 3.57 Å². The number of nitrogen functional groups attached to an aromatic ring is 1. The maximum Gasteiger partial charge on any atom is 0.256 e. The lowest BCUT2D eigenvalue weighted by Gasteiger charge is -2.10. The van der Waals surface area contributed by atoms with Crippen LogP contribution in [-0.2, 0) is 0 Å². The molecule has 0 aliphatic carbocycles. The van der Waals surface area contributed by atoms with E-state index in [2.05, 4.69) is 43.8 Å². The minimum absolute atomic E-state index is 0.0611. The van der Waals surface area contributed by atoms with Gasteiger partial charge in [0.25, 0.3) is 5.91 Å². The summed E-state index contributed by atoms with van der Waals surface area (Å²) in [4.78, 5) is 12.2. The second-order valence-electron chi connectivity index (χ2n) is 3.85. The zero-order valence-electron chi connectivity index (χ0n) is 9.65. The molecular formula is C13H10BrIN2O2. The van der Waals surface area contributed by atoms with Crippen molar-refractivity contribution < 1.29 is 9.90 Å². The van der Waals surface area contributed by atoms with Gasteiger partial charge < -0.3 is 16.2 Å². The van der Waals surface area contributed by atoms with Crippen LogP contribution >= 0.6 is 38.5 Å². The molecule has 0 aliphatic rings. The van der Waals surface area contributed by atoms with E-state index < -0.39 is 0 Å². The van der Waals surface area contributed by atoms with Gasteiger partial charge in [-0.1, -0.05) is 0 Å². The van der Waals surface area contributed by atoms with Crippen LogP contribution in [0.4, 0.5) is 11.4 Å². The maximum atomic E-state index is 12.2. The number of hydrogen-bond acceptors (Lipinski definition) is 3. The molecule has 0 fully saturated rings. The first kappa shape index (κ1) is 14.1. The molecule has 0 saturated heterocycles. The number of nitrogens with two attached hydrogens (primary N) is 1. The van der Waals surface area contributed by atoms with Crippen molar-refractivity contribution in [3.63, 3.8) is 0 Å². The summed E-state index contributed by atoms with van der Waals surface area (Å²) >= 11 is 5.48. The number of phenols is 1. The molecule has 0 aromatic heterocycles. The van der Waals surface area contributed by atoms with Crippen LogP contribution in [-0.4, -0.2) is 11.0 Å². The van der Waals surface area contributed by atoms with Gasteiger partial charge in [0.05, 0.1) is 16.9 Å². The first-order valence-corrected chi connectivity index (χ1v) is 7.19. The Morgan fingerprint density at radius 2 is 2.00 bits per heavy atom. The smallest absolute Gasteiger partial charge is 0.256 e. The van der Waals surface area contributed by atoms with Crippen LogP contribution in [0.5, 0.6) is 5.75 Å². The summed E-state index contributed by atoms with van der Waals surface area (Å²) < 4.78 is 1.67. The number of aromatic hydroxyl groups is 1. The predicted molar refractivity (Wildman–Crippen MR) is 87.3 cm³/mol. The molecule has 2 rings (SSSR count). The van der Waals surface area contributed by atoms with Gasteiger partial charge in [0.1, 0.15) is 5.75 Å². The molecular weight excluding hydrogens is 423 g/mol. The van der Waals surface area contributed by atoms with Gasteiger partial charge in [0, 0.05) is 14.1 Å². The summed E-state index contributed by atoms with van der Waals surface area (Å²) in [7, 11) is 0. The van der Waals surface area contributed by atoms with Gasteiger partial charge in [0.15, 0.2) is 0 Å². The number of hydrogen-bond donors (Lipinski definition) is 3. The first-order chi connectivity index (χ1) is 8.97. The van der Waals surface area contributed by atoms with Gasteiger partial charge in [0.2, 0.25) is 0 Å². The molecule has 0 heterocycles. The Bertz CT molecular complexity index is 647. The van der Waals surface area contributed by atoms with E-state index in [1.54, 1.807) is 12.1 Å². The van der Waals surface area contributed by atoms with Crippen molar-refractivity contribution in [2.45, 2.75) is 0 Å². The molecule has 1 amide bonds. The number of carbonyl (C=O) groups is 1. The molecule has 6 heteroatoms. The summed E-state index contributed by atoms with van der Waals surface area (Å²) in [6, 6.07) is 9.91. The summed E-state index contributed by atoms with van der Waals surface area (Å²) in [6.07, 6.45) is 0. The molecule has 0 atom stereocenters. The standard InChI is InChI=1S/C13H10BrIN2O2/c14-10-3-1-7(15)5-9(10)13(19)17-12-4-2-8(18)6-11(12)16/h1-6,18H,16H2,(H,17,19). The van der Waals surface area contributed by atoms with E-state index in [-0.39, 0.29) is 11.7 Å². The fraction of sp³-hybridized carbons (Fsp3) is 0. The average molecular weight is 433 g/mol. The Hall–Kier alpha value is -1.28. The molecule has 98 valence electrons. The lowest BCUT2D eigenvalue weighted by atomic mass is 10.2. The van der Waals surface area contributed by atoms with E-state index >= 15 is 0 Å². The van der Waals surface area contributed by atoms with Crippen LogP contribution < -0.4 is 11.1 Å². The van der Waals surface area contributed by atoms with Gasteiger partial charge in [-0.05, 0) is 68.9 Å². The number of amides is 1. The van der Waals surface area contributed by atoms with Crippen LogP contribution in [0.1, 0.15) is 10.4 Å². The van der Waals surface area contributed by atoms with E-state index in [1.807, 2.05) is 12.1 Å². The van der Waals surface area contributed by atoms with Gasteiger partial charge in [-0.3, -0.25) is 4.79 Å². The SMILES string of the molecule is Nc1cc(O)ccc1NC(=O)c1cc(I)ccc1Br. The number of nitrogens with one attached hydrogen (secondary N) is 1. The summed E-state index contributed by atoms with van der Waals surface area (Å²) in [5.74, 6) is -0.200. The fourth-order valence-electron chi connectivity index (χ4n) is 1.53. The predicted octanol–water partition coefficient (Wildman–Crippen LogP) is 3.59. The monoisotopic (exact) mass is 432 g/mol. The Labute approximate surface area is 132 Å². The lowest BCUT2D eigenvalue weighted by Crippen LogP contribution is -2.14. The highest BCUT2D eigenvalue weighted by Gasteiger charge is 2.12. The minimum Gasteiger partial charge on any atom is -0.508 e. The molecule has 0 bridgehead atoms. The molecule has 2 aromatic rings. The molecule has 0 aliphatic heterocycles. The van der Waals surface area contributed by atoms with Crippen LogP contribution in [0.15, 0.2) is 40.9 Å². The second-order valence-corrected chi connectivity index (χ2v) is 5.95. The van der Waals surface area contributed by atoms with Crippen molar-refractivity contribution in [3.05, 3.63) is 50.0 Å². The average Bonchev–Trinajstić information content (AvgIpc) is 2.35. The largest absolute Gasteiger partial charge is 0.508 e. The molecule has 4 nitrogen and oxygen atoms in total. The maximum absolute atomic E-state index is 12.2. The fourth-order valence-corrected chi connectivity index (χ4v) is 2.44. The van der Waals surface area contributed by atoms with Crippen molar-refractivity contribution in [1.82, 2.24) is 0 Å². The third-order valence-electron chi connectivity index (χ3n) is 2.46. The number of benzene rings is 2. The van der Waals surface area contributed by atoms with Gasteiger partial charge in [-0.25, -0.2) is 0 Å². The van der Waals surface area contributed by atoms with Crippen LogP contribution in [0.3, 0.4) is 0 Å². The van der Waals surface area contributed by atoms with E-state index in [9.17, 15) is 9.90 Å². The second kappa shape index (κ2) is 5.79. The first-order valence-electron chi connectivity index (χ1n) is 5.32. The van der Waals surface area contributed by atoms with Crippen LogP contribution in [0, 0.1) is 3.57 Å². The number of halogens is 2. The number of rotatable bonds is 2. The van der Waals surface area contributed by atoms with Crippen molar-refractivity contribution in [2.75, 3.05) is 11.1 Å². The minimum atomic E-state index is -0.261. The van der Waals surface area contributed by atoms with E-state index in [1.165, 1.54) is 12.1 Å². The van der Waals surface area contributed by atoms with Gasteiger partial charge >= 0.3 is 0 Å². The Kier molecular flexibility index (Phi) is 4.31. The normalized spacial score (nSPS) is 10.2. The zero-order chi connectivity index (χ0) is 14.0. The molecule has 0 radical (unpaired) electrons. The highest BCUT2D eigenvalue weighted by Crippen LogP contribution is 2.25. The Morgan fingerprint density at radius 1 is 1.26 bits per heavy atom. The zero-order valence-corrected chi connectivity index (χ0v) is 13.4. The van der Waals surface area contributed by atoms with Crippen LogP contribution in [0.2, 0.25) is 0 Å². The molecule has 4 N–H and O–H groups in total. The molecule has 2 aromatic carbocycles. The Balaban J connectivity index is 2.28. The topological polar surface area (TPSA) is 75.3 Å². The highest BCUT2D eigenvalue weighted by molar-refractivity contribution is 14.1. The quantitative estimate of drug-likeness (QED) is 0.385. The van der Waals surface area contributed by atoms with Crippen molar-refractivity contribution >= 4 is 55.8 Å². The number of phenolic OH excluding ortho intramolecular Hbond substituents is 1. The molecule has 0 unspecified atom stereocenters. The van der Waals surface area contributed by atoms with Gasteiger partial charge in [-0.2, -0.15) is 0 Å². The van der Waals surface area contributed by atoms with Gasteiger partial charge in [-0.15, -0.1) is 0 Å². The molecule has 0 saturated carbocycles. The van der Waals surface area contributed by atoms with E-state index in [0.29, 0.717) is 21.4 Å². The van der Waals surface area contributed by atoms with Crippen molar-refractivity contribution in [2.24, 2.45) is 0 Å². The molecule has 0 spiro atoms.